The molecule has 0 amide bonds. The maximum atomic E-state index is 6.16. The van der Waals surface area contributed by atoms with Gasteiger partial charge in [-0.25, -0.2) is 4.98 Å². The van der Waals surface area contributed by atoms with Gasteiger partial charge in [0.1, 0.15) is 0 Å². The molecule has 0 saturated carbocycles. The highest BCUT2D eigenvalue weighted by Crippen LogP contribution is 2.24. The summed E-state index contributed by atoms with van der Waals surface area (Å²) in [5.74, 6) is 0. The van der Waals surface area contributed by atoms with Gasteiger partial charge in [-0.15, -0.1) is 0 Å². The number of fused-ring (bicyclic) bond motifs is 3. The third kappa shape index (κ3) is 2.17. The average Bonchev–Trinajstić information content (AvgIpc) is 2.47. The van der Waals surface area contributed by atoms with Crippen molar-refractivity contribution in [3.63, 3.8) is 0 Å². The van der Waals surface area contributed by atoms with Gasteiger partial charge < -0.3 is 5.73 Å². The minimum Gasteiger partial charge on any atom is -0.323 e. The highest BCUT2D eigenvalue weighted by Gasteiger charge is 2.09. The van der Waals surface area contributed by atoms with Crippen LogP contribution in [0.1, 0.15) is 31.5 Å². The van der Waals surface area contributed by atoms with Gasteiger partial charge >= 0.3 is 0 Å². The van der Waals surface area contributed by atoms with E-state index in [-0.39, 0.29) is 6.04 Å². The van der Waals surface area contributed by atoms with E-state index >= 15 is 0 Å². The lowest BCUT2D eigenvalue weighted by molar-refractivity contribution is 0.624. The van der Waals surface area contributed by atoms with Gasteiger partial charge in [0.2, 0.25) is 0 Å². The van der Waals surface area contributed by atoms with E-state index in [1.165, 1.54) is 0 Å². The number of nitrogens with zero attached hydrogens (tertiary/aromatic N) is 2. The SMILES string of the molecule is CCCC(N)c1ccc2ccc3cccnc3c2n1. The average molecular weight is 251 g/mol. The summed E-state index contributed by atoms with van der Waals surface area (Å²) in [6, 6.07) is 12.3. The summed E-state index contributed by atoms with van der Waals surface area (Å²) in [4.78, 5) is 9.19. The fraction of sp³-hybridized carbons (Fsp3) is 0.250. The summed E-state index contributed by atoms with van der Waals surface area (Å²) in [7, 11) is 0. The van der Waals surface area contributed by atoms with Crippen molar-refractivity contribution in [1.82, 2.24) is 9.97 Å². The van der Waals surface area contributed by atoms with E-state index in [1.807, 2.05) is 18.3 Å². The predicted octanol–water partition coefficient (Wildman–Crippen LogP) is 3.58. The molecule has 0 aliphatic heterocycles. The molecule has 0 spiro atoms. The van der Waals surface area contributed by atoms with Crippen molar-refractivity contribution >= 4 is 21.8 Å². The number of pyridine rings is 2. The molecule has 1 unspecified atom stereocenters. The molecule has 3 aromatic rings. The van der Waals surface area contributed by atoms with Gasteiger partial charge in [0.15, 0.2) is 0 Å². The lowest BCUT2D eigenvalue weighted by atomic mass is 10.1. The van der Waals surface area contributed by atoms with Gasteiger partial charge in [-0.3, -0.25) is 4.98 Å². The first-order valence-electron chi connectivity index (χ1n) is 6.69. The van der Waals surface area contributed by atoms with Crippen LogP contribution in [0.4, 0.5) is 0 Å². The molecule has 0 saturated heterocycles. The van der Waals surface area contributed by atoms with Gasteiger partial charge in [0, 0.05) is 23.0 Å². The lowest BCUT2D eigenvalue weighted by Crippen LogP contribution is -2.11. The Morgan fingerprint density at radius 3 is 2.58 bits per heavy atom. The quantitative estimate of drug-likeness (QED) is 0.724. The van der Waals surface area contributed by atoms with Crippen molar-refractivity contribution in [1.29, 1.82) is 0 Å². The second kappa shape index (κ2) is 4.94. The van der Waals surface area contributed by atoms with Crippen LogP contribution in [0.2, 0.25) is 0 Å². The Bertz CT molecular complexity index is 721. The summed E-state index contributed by atoms with van der Waals surface area (Å²) >= 11 is 0. The molecule has 0 aliphatic rings. The Hall–Kier alpha value is -2.00. The van der Waals surface area contributed by atoms with E-state index in [2.05, 4.69) is 36.2 Å². The second-order valence-corrected chi connectivity index (χ2v) is 4.84. The van der Waals surface area contributed by atoms with E-state index in [1.54, 1.807) is 0 Å². The molecule has 0 fully saturated rings. The Balaban J connectivity index is 2.22. The van der Waals surface area contributed by atoms with Crippen LogP contribution in [0.25, 0.3) is 21.8 Å². The molecule has 3 heteroatoms. The third-order valence-corrected chi connectivity index (χ3v) is 3.43. The van der Waals surface area contributed by atoms with Gasteiger partial charge in [0.25, 0.3) is 0 Å². The van der Waals surface area contributed by atoms with Crippen LogP contribution in [0.3, 0.4) is 0 Å². The lowest BCUT2D eigenvalue weighted by Gasteiger charge is -2.11. The van der Waals surface area contributed by atoms with Crippen molar-refractivity contribution in [2.24, 2.45) is 5.73 Å². The molecular weight excluding hydrogens is 234 g/mol. The zero-order valence-corrected chi connectivity index (χ0v) is 11.0. The van der Waals surface area contributed by atoms with Crippen LogP contribution in [0, 0.1) is 0 Å². The summed E-state index contributed by atoms with van der Waals surface area (Å²) in [5, 5.41) is 2.22. The Morgan fingerprint density at radius 2 is 1.79 bits per heavy atom. The second-order valence-electron chi connectivity index (χ2n) is 4.84. The standard InChI is InChI=1S/C16H17N3/c1-2-4-13(17)14-9-8-12-7-6-11-5-3-10-18-15(11)16(12)19-14/h3,5-10,13H,2,4,17H2,1H3. The maximum absolute atomic E-state index is 6.16. The topological polar surface area (TPSA) is 51.8 Å². The molecule has 3 rings (SSSR count). The molecule has 3 nitrogen and oxygen atoms in total. The van der Waals surface area contributed by atoms with Gasteiger partial charge in [0.05, 0.1) is 16.7 Å². The first kappa shape index (κ1) is 12.1. The van der Waals surface area contributed by atoms with Crippen LogP contribution in [-0.2, 0) is 0 Å². The minimum absolute atomic E-state index is 0.00775. The molecule has 2 aromatic heterocycles. The van der Waals surface area contributed by atoms with Crippen molar-refractivity contribution in [2.45, 2.75) is 25.8 Å². The van der Waals surface area contributed by atoms with Gasteiger partial charge in [-0.05, 0) is 18.6 Å². The number of hydrogen-bond donors (Lipinski definition) is 1. The number of rotatable bonds is 3. The maximum Gasteiger partial charge on any atom is 0.0968 e. The minimum atomic E-state index is 0.00775. The van der Waals surface area contributed by atoms with Crippen LogP contribution in [0.5, 0.6) is 0 Å². The van der Waals surface area contributed by atoms with E-state index in [4.69, 9.17) is 10.7 Å². The fourth-order valence-corrected chi connectivity index (χ4v) is 2.40. The van der Waals surface area contributed by atoms with Crippen LogP contribution >= 0.6 is 0 Å². The van der Waals surface area contributed by atoms with E-state index in [0.717, 1.165) is 40.3 Å². The molecule has 0 aliphatic carbocycles. The molecule has 2 heterocycles. The van der Waals surface area contributed by atoms with Crippen molar-refractivity contribution in [2.75, 3.05) is 0 Å². The van der Waals surface area contributed by atoms with E-state index < -0.39 is 0 Å². The fourth-order valence-electron chi connectivity index (χ4n) is 2.40. The first-order valence-corrected chi connectivity index (χ1v) is 6.69. The normalized spacial score (nSPS) is 12.9. The number of benzene rings is 1. The summed E-state index contributed by atoms with van der Waals surface area (Å²) in [6.45, 7) is 2.14. The Kier molecular flexibility index (Phi) is 3.13. The third-order valence-electron chi connectivity index (χ3n) is 3.43. The number of hydrogen-bond acceptors (Lipinski definition) is 3. The molecule has 0 bridgehead atoms. The molecule has 1 atom stereocenters. The molecule has 19 heavy (non-hydrogen) atoms. The summed E-state index contributed by atoms with van der Waals surface area (Å²) in [5.41, 5.74) is 9.01. The van der Waals surface area contributed by atoms with Crippen molar-refractivity contribution in [3.05, 3.63) is 48.3 Å². The first-order chi connectivity index (χ1) is 9.29. The predicted molar refractivity (Wildman–Crippen MR) is 78.9 cm³/mol. The van der Waals surface area contributed by atoms with Gasteiger partial charge in [-0.1, -0.05) is 37.6 Å². The zero-order valence-electron chi connectivity index (χ0n) is 11.0. The summed E-state index contributed by atoms with van der Waals surface area (Å²) < 4.78 is 0. The van der Waals surface area contributed by atoms with E-state index in [9.17, 15) is 0 Å². The smallest absolute Gasteiger partial charge is 0.0968 e. The molecule has 2 N–H and O–H groups in total. The molecule has 96 valence electrons. The Labute approximate surface area is 112 Å². The summed E-state index contributed by atoms with van der Waals surface area (Å²) in [6.07, 6.45) is 3.83. The molecule has 0 radical (unpaired) electrons. The zero-order chi connectivity index (χ0) is 13.2. The van der Waals surface area contributed by atoms with Crippen LogP contribution in [0.15, 0.2) is 42.6 Å². The van der Waals surface area contributed by atoms with E-state index in [0.29, 0.717) is 0 Å². The number of nitrogens with two attached hydrogens (primary N) is 1. The van der Waals surface area contributed by atoms with Crippen LogP contribution < -0.4 is 5.73 Å². The van der Waals surface area contributed by atoms with Crippen molar-refractivity contribution < 1.29 is 0 Å². The highest BCUT2D eigenvalue weighted by molar-refractivity contribution is 6.02. The highest BCUT2D eigenvalue weighted by atomic mass is 14.8. The number of aromatic nitrogens is 2. The largest absolute Gasteiger partial charge is 0.323 e. The molecule has 1 aromatic carbocycles. The monoisotopic (exact) mass is 251 g/mol. The van der Waals surface area contributed by atoms with Gasteiger partial charge in [-0.2, -0.15) is 0 Å². The molecular formula is C16H17N3. The van der Waals surface area contributed by atoms with Crippen LogP contribution in [-0.4, -0.2) is 9.97 Å². The van der Waals surface area contributed by atoms with Crippen molar-refractivity contribution in [3.8, 4) is 0 Å². The Morgan fingerprint density at radius 1 is 1.05 bits per heavy atom.